The predicted molar refractivity (Wildman–Crippen MR) is 84.2 cm³/mol. The van der Waals surface area contributed by atoms with Crippen LogP contribution in [0.25, 0.3) is 0 Å². The van der Waals surface area contributed by atoms with Gasteiger partial charge in [-0.25, -0.2) is 0 Å². The van der Waals surface area contributed by atoms with Crippen LogP contribution in [0.15, 0.2) is 0 Å². The minimum absolute atomic E-state index is 0.963. The summed E-state index contributed by atoms with van der Waals surface area (Å²) in [5, 5.41) is 3.38. The molecule has 1 N–H and O–H groups in total. The lowest BCUT2D eigenvalue weighted by Gasteiger charge is -2.05. The summed E-state index contributed by atoms with van der Waals surface area (Å²) < 4.78 is 0. The van der Waals surface area contributed by atoms with Crippen molar-refractivity contribution in [1.29, 1.82) is 0 Å². The normalized spacial score (nSPS) is 25.2. The van der Waals surface area contributed by atoms with E-state index in [4.69, 9.17) is 0 Å². The Morgan fingerprint density at radius 3 is 1.50 bits per heavy atom. The van der Waals surface area contributed by atoms with E-state index in [0.29, 0.717) is 0 Å². The van der Waals surface area contributed by atoms with Crippen LogP contribution in [-0.4, -0.2) is 13.1 Å². The average molecular weight is 255 g/mol. The van der Waals surface area contributed by atoms with E-state index < -0.39 is 0 Å². The van der Waals surface area contributed by atoms with E-state index >= 15 is 0 Å². The topological polar surface area (TPSA) is 12.0 Å². The molecule has 0 aromatic heterocycles. The first-order valence-corrected chi connectivity index (χ1v) is 8.60. The molecule has 0 radical (unpaired) electrons. The summed E-state index contributed by atoms with van der Waals surface area (Å²) in [5.41, 5.74) is 0. The van der Waals surface area contributed by atoms with Crippen molar-refractivity contribution in [3.63, 3.8) is 0 Å². The molecule has 1 atom stereocenters. The molecule has 2 fully saturated rings. The van der Waals surface area contributed by atoms with E-state index in [1.807, 2.05) is 13.8 Å². The van der Waals surface area contributed by atoms with Crippen molar-refractivity contribution < 1.29 is 0 Å². The minimum atomic E-state index is 0.963. The van der Waals surface area contributed by atoms with Crippen LogP contribution >= 0.6 is 0 Å². The maximum absolute atomic E-state index is 3.38. The van der Waals surface area contributed by atoms with Gasteiger partial charge in [-0.1, -0.05) is 72.1 Å². The standard InChI is InChI=1S/C8H16.C7H15N.C2H6/c1-2-4-6-8-7-5-3-1;1-7-3-2-5-8-6-4-7;1-2/h1-8H2;7-8H,2-6H2,1H3;1-2H3. The van der Waals surface area contributed by atoms with Gasteiger partial charge in [0.2, 0.25) is 0 Å². The Labute approximate surface area is 116 Å². The summed E-state index contributed by atoms with van der Waals surface area (Å²) in [6, 6.07) is 0. The van der Waals surface area contributed by atoms with Crippen molar-refractivity contribution in [2.75, 3.05) is 13.1 Å². The third-order valence-electron chi connectivity index (χ3n) is 3.86. The largest absolute Gasteiger partial charge is 0.317 e. The first kappa shape index (κ1) is 18.0. The van der Waals surface area contributed by atoms with E-state index in [2.05, 4.69) is 12.2 Å². The second-order valence-corrected chi connectivity index (χ2v) is 5.61. The third-order valence-corrected chi connectivity index (χ3v) is 3.86. The molecule has 0 amide bonds. The van der Waals surface area contributed by atoms with E-state index in [0.717, 1.165) is 5.92 Å². The van der Waals surface area contributed by atoms with Gasteiger partial charge in [-0.2, -0.15) is 0 Å². The van der Waals surface area contributed by atoms with E-state index in [1.165, 1.54) is 83.7 Å². The Hall–Kier alpha value is -0.0400. The quantitative estimate of drug-likeness (QED) is 0.599. The number of hydrogen-bond donors (Lipinski definition) is 1. The fraction of sp³-hybridized carbons (Fsp3) is 1.00. The highest BCUT2D eigenvalue weighted by atomic mass is 14.8. The van der Waals surface area contributed by atoms with Crippen molar-refractivity contribution in [3.8, 4) is 0 Å². The Balaban J connectivity index is 0.000000283. The lowest BCUT2D eigenvalue weighted by molar-refractivity contribution is 0.504. The van der Waals surface area contributed by atoms with Crippen molar-refractivity contribution in [1.82, 2.24) is 5.32 Å². The Morgan fingerprint density at radius 1 is 0.611 bits per heavy atom. The first-order valence-electron chi connectivity index (χ1n) is 8.60. The fourth-order valence-corrected chi connectivity index (χ4v) is 2.61. The number of hydrogen-bond acceptors (Lipinski definition) is 1. The van der Waals surface area contributed by atoms with Gasteiger partial charge < -0.3 is 5.32 Å². The molecule has 2 rings (SSSR count). The first-order chi connectivity index (χ1) is 8.89. The Kier molecular flexibility index (Phi) is 15.0. The van der Waals surface area contributed by atoms with Crippen LogP contribution in [-0.2, 0) is 0 Å². The van der Waals surface area contributed by atoms with E-state index in [1.54, 1.807) is 0 Å². The lowest BCUT2D eigenvalue weighted by Crippen LogP contribution is -2.13. The summed E-state index contributed by atoms with van der Waals surface area (Å²) in [6.45, 7) is 8.82. The molecule has 1 aliphatic carbocycles. The van der Waals surface area contributed by atoms with Crippen LogP contribution in [0.1, 0.15) is 91.4 Å². The molecule has 110 valence electrons. The highest BCUT2D eigenvalue weighted by Crippen LogP contribution is 2.15. The maximum atomic E-state index is 3.38. The summed E-state index contributed by atoms with van der Waals surface area (Å²) in [6.07, 6.45) is 16.2. The molecule has 1 heteroatoms. The molecule has 0 bridgehead atoms. The van der Waals surface area contributed by atoms with Gasteiger partial charge >= 0.3 is 0 Å². The zero-order chi connectivity index (χ0) is 13.5. The number of rotatable bonds is 0. The minimum Gasteiger partial charge on any atom is -0.317 e. The second-order valence-electron chi connectivity index (χ2n) is 5.61. The Morgan fingerprint density at radius 2 is 1.06 bits per heavy atom. The molecule has 0 aromatic rings. The SMILES string of the molecule is C1CCCCCCC1.CC.CC1CCCNCC1. The van der Waals surface area contributed by atoms with Crippen molar-refractivity contribution >= 4 is 0 Å². The van der Waals surface area contributed by atoms with Gasteiger partial charge in [-0.15, -0.1) is 0 Å². The van der Waals surface area contributed by atoms with E-state index in [-0.39, 0.29) is 0 Å². The Bertz CT molecular complexity index is 113. The van der Waals surface area contributed by atoms with Gasteiger partial charge in [0, 0.05) is 0 Å². The molecule has 0 spiro atoms. The van der Waals surface area contributed by atoms with Crippen LogP contribution in [0.5, 0.6) is 0 Å². The summed E-state index contributed by atoms with van der Waals surface area (Å²) in [7, 11) is 0. The average Bonchev–Trinajstić information content (AvgIpc) is 2.59. The molecule has 1 nitrogen and oxygen atoms in total. The smallest absolute Gasteiger partial charge is 0.00464 e. The monoisotopic (exact) mass is 255 g/mol. The van der Waals surface area contributed by atoms with Gasteiger partial charge in [-0.3, -0.25) is 0 Å². The third kappa shape index (κ3) is 12.4. The number of nitrogens with one attached hydrogen (secondary N) is 1. The zero-order valence-corrected chi connectivity index (χ0v) is 13.3. The van der Waals surface area contributed by atoms with Crippen molar-refractivity contribution in [2.45, 2.75) is 91.4 Å². The molecule has 1 saturated heterocycles. The van der Waals surface area contributed by atoms with Gasteiger partial charge in [0.1, 0.15) is 0 Å². The molecule has 1 aliphatic heterocycles. The van der Waals surface area contributed by atoms with Crippen LogP contribution in [0.2, 0.25) is 0 Å². The van der Waals surface area contributed by atoms with Gasteiger partial charge in [0.15, 0.2) is 0 Å². The summed E-state index contributed by atoms with van der Waals surface area (Å²) in [5.74, 6) is 0.963. The highest BCUT2D eigenvalue weighted by molar-refractivity contribution is 4.61. The molecule has 1 heterocycles. The predicted octanol–water partition coefficient (Wildman–Crippen LogP) is 5.54. The van der Waals surface area contributed by atoms with Crippen molar-refractivity contribution in [3.05, 3.63) is 0 Å². The summed E-state index contributed by atoms with van der Waals surface area (Å²) in [4.78, 5) is 0. The van der Waals surface area contributed by atoms with Crippen LogP contribution in [0.4, 0.5) is 0 Å². The summed E-state index contributed by atoms with van der Waals surface area (Å²) >= 11 is 0. The molecule has 2 aliphatic rings. The van der Waals surface area contributed by atoms with Gasteiger partial charge in [0.05, 0.1) is 0 Å². The molecular weight excluding hydrogens is 218 g/mol. The zero-order valence-electron chi connectivity index (χ0n) is 13.3. The van der Waals surface area contributed by atoms with E-state index in [9.17, 15) is 0 Å². The molecule has 1 unspecified atom stereocenters. The fourth-order valence-electron chi connectivity index (χ4n) is 2.61. The van der Waals surface area contributed by atoms with Crippen LogP contribution < -0.4 is 5.32 Å². The van der Waals surface area contributed by atoms with Crippen molar-refractivity contribution in [2.24, 2.45) is 5.92 Å². The van der Waals surface area contributed by atoms with Crippen LogP contribution in [0, 0.1) is 5.92 Å². The molecule has 0 aromatic carbocycles. The van der Waals surface area contributed by atoms with Crippen LogP contribution in [0.3, 0.4) is 0 Å². The lowest BCUT2D eigenvalue weighted by atomic mass is 10.0. The molecule has 1 saturated carbocycles. The second kappa shape index (κ2) is 15.0. The van der Waals surface area contributed by atoms with Gasteiger partial charge in [0.25, 0.3) is 0 Å². The highest BCUT2D eigenvalue weighted by Gasteiger charge is 2.04. The van der Waals surface area contributed by atoms with Gasteiger partial charge in [-0.05, 0) is 38.3 Å². The molecule has 18 heavy (non-hydrogen) atoms. The maximum Gasteiger partial charge on any atom is -0.00464 e. The molecular formula is C17H37N.